The normalized spacial score (nSPS) is 9.94. The Hall–Kier alpha value is -2.11. The van der Waals surface area contributed by atoms with Crippen molar-refractivity contribution in [3.8, 4) is 5.75 Å². The summed E-state index contributed by atoms with van der Waals surface area (Å²) >= 11 is 0. The predicted molar refractivity (Wildman–Crippen MR) is 60.2 cm³/mol. The van der Waals surface area contributed by atoms with Crippen molar-refractivity contribution in [2.75, 3.05) is 7.11 Å². The number of rotatable bonds is 6. The standard InChI is InChI=1S/C11H13NO5/c1-17-10-7-8(3-2-4-11(13)14)5-6-9(10)12(15)16/h5-7H,2-4H2,1H3,(H,13,14). The number of nitro benzene ring substituents is 1. The quantitative estimate of drug-likeness (QED) is 0.605. The van der Waals surface area contributed by atoms with Crippen LogP contribution in [-0.4, -0.2) is 23.1 Å². The Morgan fingerprint density at radius 3 is 2.76 bits per heavy atom. The molecule has 1 N–H and O–H groups in total. The van der Waals surface area contributed by atoms with Crippen LogP contribution in [0.3, 0.4) is 0 Å². The van der Waals surface area contributed by atoms with Crippen LogP contribution in [0.25, 0.3) is 0 Å². The third kappa shape index (κ3) is 3.75. The summed E-state index contributed by atoms with van der Waals surface area (Å²) in [4.78, 5) is 20.5. The van der Waals surface area contributed by atoms with Gasteiger partial charge < -0.3 is 9.84 Å². The number of ether oxygens (including phenoxy) is 1. The van der Waals surface area contributed by atoms with E-state index in [4.69, 9.17) is 9.84 Å². The van der Waals surface area contributed by atoms with Crippen molar-refractivity contribution in [3.05, 3.63) is 33.9 Å². The molecule has 0 amide bonds. The number of nitrogens with zero attached hydrogens (tertiary/aromatic N) is 1. The summed E-state index contributed by atoms with van der Waals surface area (Å²) in [6.07, 6.45) is 1.14. The molecule has 0 unspecified atom stereocenters. The van der Waals surface area contributed by atoms with Crippen LogP contribution in [0.15, 0.2) is 18.2 Å². The lowest BCUT2D eigenvalue weighted by molar-refractivity contribution is -0.385. The summed E-state index contributed by atoms with van der Waals surface area (Å²) in [6, 6.07) is 4.55. The maximum Gasteiger partial charge on any atom is 0.310 e. The van der Waals surface area contributed by atoms with Gasteiger partial charge in [0.05, 0.1) is 12.0 Å². The molecule has 6 heteroatoms. The fourth-order valence-corrected chi connectivity index (χ4v) is 1.47. The largest absolute Gasteiger partial charge is 0.490 e. The van der Waals surface area contributed by atoms with Crippen molar-refractivity contribution in [2.45, 2.75) is 19.3 Å². The molecule has 0 radical (unpaired) electrons. The number of aryl methyl sites for hydroxylation is 1. The van der Waals surface area contributed by atoms with Crippen molar-refractivity contribution in [2.24, 2.45) is 0 Å². The van der Waals surface area contributed by atoms with Crippen LogP contribution in [0.2, 0.25) is 0 Å². The first kappa shape index (κ1) is 13.0. The van der Waals surface area contributed by atoms with Crippen LogP contribution >= 0.6 is 0 Å². The highest BCUT2D eigenvalue weighted by Gasteiger charge is 2.14. The summed E-state index contributed by atoms with van der Waals surface area (Å²) in [7, 11) is 1.36. The molecule has 0 heterocycles. The van der Waals surface area contributed by atoms with E-state index in [0.29, 0.717) is 12.8 Å². The van der Waals surface area contributed by atoms with Crippen molar-refractivity contribution in [3.63, 3.8) is 0 Å². The average Bonchev–Trinajstić information content (AvgIpc) is 2.28. The summed E-state index contributed by atoms with van der Waals surface area (Å²) in [5.41, 5.74) is 0.739. The van der Waals surface area contributed by atoms with Crippen LogP contribution < -0.4 is 4.74 Å². The molecule has 1 rings (SSSR count). The molecule has 1 aromatic carbocycles. The zero-order valence-electron chi connectivity index (χ0n) is 9.38. The van der Waals surface area contributed by atoms with E-state index in [0.717, 1.165) is 5.56 Å². The van der Waals surface area contributed by atoms with E-state index in [1.807, 2.05) is 0 Å². The Morgan fingerprint density at radius 1 is 1.53 bits per heavy atom. The number of nitro groups is 1. The van der Waals surface area contributed by atoms with Crippen LogP contribution in [0.1, 0.15) is 18.4 Å². The van der Waals surface area contributed by atoms with Crippen molar-refractivity contribution in [1.29, 1.82) is 0 Å². The lowest BCUT2D eigenvalue weighted by Gasteiger charge is -2.04. The highest BCUT2D eigenvalue weighted by atomic mass is 16.6. The predicted octanol–water partition coefficient (Wildman–Crippen LogP) is 2.01. The lowest BCUT2D eigenvalue weighted by Crippen LogP contribution is -1.98. The van der Waals surface area contributed by atoms with E-state index >= 15 is 0 Å². The van der Waals surface area contributed by atoms with Gasteiger partial charge in [0.15, 0.2) is 5.75 Å². The highest BCUT2D eigenvalue weighted by Crippen LogP contribution is 2.27. The number of hydrogen-bond donors (Lipinski definition) is 1. The van der Waals surface area contributed by atoms with E-state index in [9.17, 15) is 14.9 Å². The minimum Gasteiger partial charge on any atom is -0.490 e. The van der Waals surface area contributed by atoms with Gasteiger partial charge in [-0.15, -0.1) is 0 Å². The first-order valence-corrected chi connectivity index (χ1v) is 5.07. The van der Waals surface area contributed by atoms with E-state index in [1.165, 1.54) is 13.2 Å². The van der Waals surface area contributed by atoms with Crippen molar-refractivity contribution in [1.82, 2.24) is 0 Å². The molecule has 0 aromatic heterocycles. The van der Waals surface area contributed by atoms with E-state index < -0.39 is 10.9 Å². The summed E-state index contributed by atoms with van der Waals surface area (Å²) in [5, 5.41) is 19.1. The van der Waals surface area contributed by atoms with E-state index in [-0.39, 0.29) is 17.9 Å². The number of aliphatic carboxylic acids is 1. The second-order valence-corrected chi connectivity index (χ2v) is 3.51. The Morgan fingerprint density at radius 2 is 2.24 bits per heavy atom. The lowest BCUT2D eigenvalue weighted by atomic mass is 10.1. The maximum absolute atomic E-state index is 10.6. The van der Waals surface area contributed by atoms with Crippen molar-refractivity contribution >= 4 is 11.7 Å². The Balaban J connectivity index is 2.75. The Labute approximate surface area is 98.0 Å². The van der Waals surface area contributed by atoms with Crippen LogP contribution in [0, 0.1) is 10.1 Å². The molecule has 0 atom stereocenters. The second-order valence-electron chi connectivity index (χ2n) is 3.51. The van der Waals surface area contributed by atoms with Gasteiger partial charge >= 0.3 is 11.7 Å². The monoisotopic (exact) mass is 239 g/mol. The molecule has 0 spiro atoms. The van der Waals surface area contributed by atoms with Gasteiger partial charge in [-0.1, -0.05) is 6.07 Å². The third-order valence-corrected chi connectivity index (χ3v) is 2.30. The number of methoxy groups -OCH3 is 1. The van der Waals surface area contributed by atoms with E-state index in [2.05, 4.69) is 0 Å². The molecule has 92 valence electrons. The summed E-state index contributed by atoms with van der Waals surface area (Å²) in [6.45, 7) is 0. The Kier molecular flexibility index (Phi) is 4.45. The zero-order chi connectivity index (χ0) is 12.8. The molecular formula is C11H13NO5. The molecule has 0 aliphatic heterocycles. The molecule has 0 fully saturated rings. The van der Waals surface area contributed by atoms with Gasteiger partial charge in [0, 0.05) is 12.5 Å². The third-order valence-electron chi connectivity index (χ3n) is 2.30. The first-order valence-electron chi connectivity index (χ1n) is 5.07. The maximum atomic E-state index is 10.6. The van der Waals surface area contributed by atoms with Gasteiger partial charge in [0.25, 0.3) is 0 Å². The van der Waals surface area contributed by atoms with Crippen LogP contribution in [0.5, 0.6) is 5.75 Å². The average molecular weight is 239 g/mol. The molecular weight excluding hydrogens is 226 g/mol. The zero-order valence-corrected chi connectivity index (χ0v) is 9.38. The number of carboxylic acids is 1. The summed E-state index contributed by atoms with van der Waals surface area (Å²) < 4.78 is 4.92. The fraction of sp³-hybridized carbons (Fsp3) is 0.364. The molecule has 0 bridgehead atoms. The van der Waals surface area contributed by atoms with Gasteiger partial charge in [-0.2, -0.15) is 0 Å². The molecule has 0 aliphatic carbocycles. The van der Waals surface area contributed by atoms with Crippen molar-refractivity contribution < 1.29 is 19.6 Å². The van der Waals surface area contributed by atoms with Crippen LogP contribution in [0.4, 0.5) is 5.69 Å². The molecule has 1 aromatic rings. The SMILES string of the molecule is COc1cc(CCCC(=O)O)ccc1[N+](=O)[O-]. The molecule has 17 heavy (non-hydrogen) atoms. The minimum atomic E-state index is -0.848. The summed E-state index contributed by atoms with van der Waals surface area (Å²) in [5.74, 6) is -0.651. The number of hydrogen-bond acceptors (Lipinski definition) is 4. The van der Waals surface area contributed by atoms with Gasteiger partial charge in [-0.3, -0.25) is 14.9 Å². The second kappa shape index (κ2) is 5.83. The Bertz CT molecular complexity index is 430. The molecule has 0 aliphatic rings. The van der Waals surface area contributed by atoms with Gasteiger partial charge in [-0.05, 0) is 24.5 Å². The highest BCUT2D eigenvalue weighted by molar-refractivity contribution is 5.66. The fourth-order valence-electron chi connectivity index (χ4n) is 1.47. The van der Waals surface area contributed by atoms with Gasteiger partial charge in [0.1, 0.15) is 0 Å². The first-order chi connectivity index (χ1) is 8.04. The van der Waals surface area contributed by atoms with Gasteiger partial charge in [-0.25, -0.2) is 0 Å². The molecule has 0 saturated heterocycles. The molecule has 0 saturated carbocycles. The molecule has 6 nitrogen and oxygen atoms in total. The minimum absolute atomic E-state index is 0.0826. The number of carbonyl (C=O) groups is 1. The van der Waals surface area contributed by atoms with Gasteiger partial charge in [0.2, 0.25) is 0 Å². The van der Waals surface area contributed by atoms with E-state index in [1.54, 1.807) is 12.1 Å². The number of benzene rings is 1. The smallest absolute Gasteiger partial charge is 0.310 e. The topological polar surface area (TPSA) is 89.7 Å². The number of carboxylic acid groups (broad SMARTS) is 1. The van der Waals surface area contributed by atoms with Crippen LogP contribution in [-0.2, 0) is 11.2 Å².